The maximum Gasteiger partial charge on any atom is -0.0316 e. The van der Waals surface area contributed by atoms with Gasteiger partial charge in [0, 0.05) is 0 Å². The quantitative estimate of drug-likeness (QED) is 0.385. The summed E-state index contributed by atoms with van der Waals surface area (Å²) in [6, 6.07) is 0. The van der Waals surface area contributed by atoms with Gasteiger partial charge in [-0.2, -0.15) is 0 Å². The maximum atomic E-state index is 2.32. The van der Waals surface area contributed by atoms with Crippen molar-refractivity contribution in [2.24, 2.45) is 0 Å². The van der Waals surface area contributed by atoms with Crippen molar-refractivity contribution in [2.75, 3.05) is 0 Å². The summed E-state index contributed by atoms with van der Waals surface area (Å²) in [5.41, 5.74) is 3.03. The Kier molecular flexibility index (Phi) is 9.26. The van der Waals surface area contributed by atoms with Crippen LogP contribution in [0.2, 0.25) is 0 Å². The minimum Gasteiger partial charge on any atom is -0.0917 e. The van der Waals surface area contributed by atoms with Crippen LogP contribution in [0.25, 0.3) is 0 Å². The van der Waals surface area contributed by atoms with Crippen LogP contribution < -0.4 is 0 Å². The average molecular weight is 206 g/mol. The Labute approximate surface area is 95.8 Å². The molecule has 0 bridgehead atoms. The Morgan fingerprint density at radius 3 is 2.07 bits per heavy atom. The Bertz CT molecular complexity index is 224. The summed E-state index contributed by atoms with van der Waals surface area (Å²) < 4.78 is 0. The lowest BCUT2D eigenvalue weighted by atomic mass is 10.1. The van der Waals surface area contributed by atoms with Crippen molar-refractivity contribution in [3.8, 4) is 0 Å². The Hall–Kier alpha value is -0.780. The first kappa shape index (κ1) is 14.2. The SMILES string of the molecule is C/C=C/CC/C=C/CCCC(C)=C(C)C. The summed E-state index contributed by atoms with van der Waals surface area (Å²) >= 11 is 0. The van der Waals surface area contributed by atoms with Crippen molar-refractivity contribution in [2.45, 2.75) is 59.8 Å². The lowest BCUT2D eigenvalue weighted by molar-refractivity contribution is 0.819. The molecule has 0 aromatic carbocycles. The van der Waals surface area contributed by atoms with Gasteiger partial charge in [0.1, 0.15) is 0 Å². The van der Waals surface area contributed by atoms with Crippen LogP contribution in [0.3, 0.4) is 0 Å². The lowest BCUT2D eigenvalue weighted by Crippen LogP contribution is -1.80. The smallest absolute Gasteiger partial charge is 0.0316 e. The summed E-state index contributed by atoms with van der Waals surface area (Å²) in [6.45, 7) is 8.71. The van der Waals surface area contributed by atoms with E-state index < -0.39 is 0 Å². The fourth-order valence-electron chi connectivity index (χ4n) is 1.33. The van der Waals surface area contributed by atoms with E-state index in [1.54, 1.807) is 5.57 Å². The number of hydrogen-bond donors (Lipinski definition) is 0. The van der Waals surface area contributed by atoms with Crippen LogP contribution >= 0.6 is 0 Å². The molecule has 0 heteroatoms. The third kappa shape index (κ3) is 9.52. The van der Waals surface area contributed by atoms with E-state index in [1.165, 1.54) is 37.7 Å². The zero-order valence-corrected chi connectivity index (χ0v) is 10.8. The first-order valence-corrected chi connectivity index (χ1v) is 6.07. The minimum atomic E-state index is 1.18. The minimum absolute atomic E-state index is 1.18. The molecule has 0 nitrogen and oxygen atoms in total. The van der Waals surface area contributed by atoms with E-state index >= 15 is 0 Å². The monoisotopic (exact) mass is 206 g/mol. The molecule has 0 fully saturated rings. The highest BCUT2D eigenvalue weighted by Crippen LogP contribution is 2.11. The zero-order chi connectivity index (χ0) is 11.5. The number of hydrogen-bond acceptors (Lipinski definition) is 0. The van der Waals surface area contributed by atoms with Crippen LogP contribution in [0.15, 0.2) is 35.5 Å². The molecule has 0 aliphatic carbocycles. The first-order valence-electron chi connectivity index (χ1n) is 6.07. The molecule has 0 saturated carbocycles. The largest absolute Gasteiger partial charge is 0.0917 e. The van der Waals surface area contributed by atoms with Gasteiger partial charge in [-0.05, 0) is 59.8 Å². The highest BCUT2D eigenvalue weighted by Gasteiger charge is 1.91. The van der Waals surface area contributed by atoms with E-state index in [2.05, 4.69) is 52.0 Å². The van der Waals surface area contributed by atoms with Gasteiger partial charge in [0.05, 0.1) is 0 Å². The van der Waals surface area contributed by atoms with Gasteiger partial charge in [0.2, 0.25) is 0 Å². The fourth-order valence-corrected chi connectivity index (χ4v) is 1.33. The first-order chi connectivity index (χ1) is 7.18. The molecule has 0 heterocycles. The summed E-state index contributed by atoms with van der Waals surface area (Å²) in [4.78, 5) is 0. The molecule has 0 saturated heterocycles. The molecule has 15 heavy (non-hydrogen) atoms. The Morgan fingerprint density at radius 1 is 0.867 bits per heavy atom. The second-order valence-corrected chi connectivity index (χ2v) is 4.29. The second kappa shape index (κ2) is 9.76. The normalized spacial score (nSPS) is 11.5. The summed E-state index contributed by atoms with van der Waals surface area (Å²) in [5, 5.41) is 0. The van der Waals surface area contributed by atoms with Crippen molar-refractivity contribution >= 4 is 0 Å². The Balaban J connectivity index is 3.42. The van der Waals surface area contributed by atoms with Gasteiger partial charge in [0.25, 0.3) is 0 Å². The molecule has 0 aromatic heterocycles. The molecule has 0 aliphatic rings. The van der Waals surface area contributed by atoms with Crippen molar-refractivity contribution < 1.29 is 0 Å². The second-order valence-electron chi connectivity index (χ2n) is 4.29. The van der Waals surface area contributed by atoms with Crippen molar-refractivity contribution in [1.29, 1.82) is 0 Å². The van der Waals surface area contributed by atoms with E-state index in [-0.39, 0.29) is 0 Å². The highest BCUT2D eigenvalue weighted by atomic mass is 14.0. The molecule has 0 N–H and O–H groups in total. The maximum absolute atomic E-state index is 2.32. The Morgan fingerprint density at radius 2 is 1.47 bits per heavy atom. The molecular weight excluding hydrogens is 180 g/mol. The predicted molar refractivity (Wildman–Crippen MR) is 71.1 cm³/mol. The van der Waals surface area contributed by atoms with Gasteiger partial charge in [-0.1, -0.05) is 35.5 Å². The van der Waals surface area contributed by atoms with Gasteiger partial charge >= 0.3 is 0 Å². The third-order valence-corrected chi connectivity index (χ3v) is 2.68. The molecular formula is C15H26. The number of allylic oxidation sites excluding steroid dienone is 6. The van der Waals surface area contributed by atoms with Gasteiger partial charge in [-0.3, -0.25) is 0 Å². The van der Waals surface area contributed by atoms with Crippen molar-refractivity contribution in [1.82, 2.24) is 0 Å². The zero-order valence-electron chi connectivity index (χ0n) is 10.8. The van der Waals surface area contributed by atoms with Crippen molar-refractivity contribution in [3.63, 3.8) is 0 Å². The molecule has 0 aliphatic heterocycles. The molecule has 0 amide bonds. The predicted octanol–water partition coefficient (Wildman–Crippen LogP) is 5.43. The van der Waals surface area contributed by atoms with Crippen LogP contribution in [0.5, 0.6) is 0 Å². The van der Waals surface area contributed by atoms with Gasteiger partial charge < -0.3 is 0 Å². The molecule has 0 radical (unpaired) electrons. The summed E-state index contributed by atoms with van der Waals surface area (Å²) in [5.74, 6) is 0. The van der Waals surface area contributed by atoms with E-state index in [0.717, 1.165) is 0 Å². The van der Waals surface area contributed by atoms with Crippen LogP contribution in [-0.2, 0) is 0 Å². The third-order valence-electron chi connectivity index (χ3n) is 2.68. The van der Waals surface area contributed by atoms with Crippen molar-refractivity contribution in [3.05, 3.63) is 35.5 Å². The molecule has 0 rings (SSSR count). The summed E-state index contributed by atoms with van der Waals surface area (Å²) in [6.07, 6.45) is 15.1. The van der Waals surface area contributed by atoms with Gasteiger partial charge in [-0.15, -0.1) is 0 Å². The van der Waals surface area contributed by atoms with E-state index in [9.17, 15) is 0 Å². The molecule has 0 unspecified atom stereocenters. The molecule has 0 spiro atoms. The summed E-state index contributed by atoms with van der Waals surface area (Å²) in [7, 11) is 0. The molecule has 0 aromatic rings. The fraction of sp³-hybridized carbons (Fsp3) is 0.600. The van der Waals surface area contributed by atoms with E-state index in [0.29, 0.717) is 0 Å². The van der Waals surface area contributed by atoms with E-state index in [4.69, 9.17) is 0 Å². The number of unbranched alkanes of at least 4 members (excludes halogenated alkanes) is 2. The van der Waals surface area contributed by atoms with Crippen LogP contribution in [0, 0.1) is 0 Å². The van der Waals surface area contributed by atoms with Crippen LogP contribution in [0.4, 0.5) is 0 Å². The average Bonchev–Trinajstić information content (AvgIpc) is 2.21. The van der Waals surface area contributed by atoms with Crippen LogP contribution in [0.1, 0.15) is 59.8 Å². The lowest BCUT2D eigenvalue weighted by Gasteiger charge is -2.01. The molecule has 86 valence electrons. The van der Waals surface area contributed by atoms with Crippen LogP contribution in [-0.4, -0.2) is 0 Å². The van der Waals surface area contributed by atoms with Gasteiger partial charge in [-0.25, -0.2) is 0 Å². The van der Waals surface area contributed by atoms with Gasteiger partial charge in [0.15, 0.2) is 0 Å². The topological polar surface area (TPSA) is 0 Å². The van der Waals surface area contributed by atoms with E-state index in [1.807, 2.05) is 0 Å². The highest BCUT2D eigenvalue weighted by molar-refractivity contribution is 5.06. The number of rotatable bonds is 7. The standard InChI is InChI=1S/C15H26/c1-5-6-7-8-9-10-11-12-13-15(4)14(2)3/h5-6,9-10H,7-8,11-13H2,1-4H3/b6-5+,10-9+. The molecule has 0 atom stereocenters.